The number of carboxylic acids is 1. The summed E-state index contributed by atoms with van der Waals surface area (Å²) in [7, 11) is 4.03. The van der Waals surface area contributed by atoms with Crippen molar-refractivity contribution in [2.75, 3.05) is 33.7 Å². The number of nitrogens with zero attached hydrogens (tertiary/aromatic N) is 3. The third-order valence-corrected chi connectivity index (χ3v) is 5.56. The molecular formula is C21H27F4N3O4. The zero-order valence-corrected chi connectivity index (χ0v) is 18.1. The number of rotatable bonds is 3. The predicted molar refractivity (Wildman–Crippen MR) is 107 cm³/mol. The van der Waals surface area contributed by atoms with Gasteiger partial charge < -0.3 is 19.8 Å². The molecule has 2 aliphatic heterocycles. The Kier molecular flexibility index (Phi) is 8.22. The van der Waals surface area contributed by atoms with Crippen LogP contribution in [0.3, 0.4) is 0 Å². The van der Waals surface area contributed by atoms with E-state index < -0.39 is 18.0 Å². The third-order valence-electron chi connectivity index (χ3n) is 5.56. The normalized spacial score (nSPS) is 22.8. The van der Waals surface area contributed by atoms with Crippen molar-refractivity contribution in [3.63, 3.8) is 0 Å². The van der Waals surface area contributed by atoms with Gasteiger partial charge >= 0.3 is 12.1 Å². The summed E-state index contributed by atoms with van der Waals surface area (Å²) in [5.41, 5.74) is 0.393. The molecule has 1 N–H and O–H groups in total. The fourth-order valence-corrected chi connectivity index (χ4v) is 4.41. The van der Waals surface area contributed by atoms with Crippen LogP contribution in [0.5, 0.6) is 0 Å². The lowest BCUT2D eigenvalue weighted by atomic mass is 9.91. The monoisotopic (exact) mass is 461 g/mol. The predicted octanol–water partition coefficient (Wildman–Crippen LogP) is 2.47. The topological polar surface area (TPSA) is 81.2 Å². The van der Waals surface area contributed by atoms with Gasteiger partial charge in [0.25, 0.3) is 5.91 Å². The summed E-state index contributed by atoms with van der Waals surface area (Å²) in [5.74, 6) is -2.87. The highest BCUT2D eigenvalue weighted by Crippen LogP contribution is 2.36. The molecule has 2 saturated heterocycles. The van der Waals surface area contributed by atoms with Crippen molar-refractivity contribution in [1.82, 2.24) is 14.7 Å². The minimum absolute atomic E-state index is 0.115. The SMILES string of the molecule is CC(=O)N1[C@H](CN(C)C)C[C@@H]2CN(C(=O)c3cccc(F)c3)CC[C@@H]21.O=C(O)C(F)(F)F. The number of alkyl halides is 3. The molecule has 0 aromatic heterocycles. The van der Waals surface area contributed by atoms with Gasteiger partial charge in [-0.2, -0.15) is 13.2 Å². The number of amides is 2. The first kappa shape index (κ1) is 25.6. The third kappa shape index (κ3) is 6.41. The maximum atomic E-state index is 13.4. The molecule has 0 saturated carbocycles. The number of benzene rings is 1. The zero-order chi connectivity index (χ0) is 24.2. The summed E-state index contributed by atoms with van der Waals surface area (Å²) in [6.07, 6.45) is -3.38. The number of hydrogen-bond acceptors (Lipinski definition) is 4. The number of fused-ring (bicyclic) bond motifs is 1. The van der Waals surface area contributed by atoms with E-state index >= 15 is 0 Å². The Morgan fingerprint density at radius 1 is 1.22 bits per heavy atom. The number of likely N-dealkylation sites (N-methyl/N-ethyl adjacent to an activating group) is 1. The minimum Gasteiger partial charge on any atom is -0.475 e. The first-order valence-corrected chi connectivity index (χ1v) is 10.1. The van der Waals surface area contributed by atoms with Gasteiger partial charge in [-0.3, -0.25) is 9.59 Å². The van der Waals surface area contributed by atoms with E-state index in [0.717, 1.165) is 19.4 Å². The average Bonchev–Trinajstić information content (AvgIpc) is 3.03. The van der Waals surface area contributed by atoms with Crippen LogP contribution >= 0.6 is 0 Å². The summed E-state index contributed by atoms with van der Waals surface area (Å²) < 4.78 is 45.1. The summed E-state index contributed by atoms with van der Waals surface area (Å²) >= 11 is 0. The van der Waals surface area contributed by atoms with E-state index in [9.17, 15) is 27.2 Å². The van der Waals surface area contributed by atoms with E-state index in [0.29, 0.717) is 24.6 Å². The van der Waals surface area contributed by atoms with Gasteiger partial charge in [0.15, 0.2) is 0 Å². The summed E-state index contributed by atoms with van der Waals surface area (Å²) in [4.78, 5) is 39.7. The standard InChI is InChI=1S/C19H26FN3O2.C2HF3O2/c1-13(24)23-17(12-21(2)3)10-15-11-22(8-7-18(15)23)19(25)14-5-4-6-16(20)9-14;3-2(4,5)1(6)7/h4-6,9,15,17-18H,7-8,10-12H2,1-3H3;(H,6,7)/t15-,17+,18+;/m1./s1. The van der Waals surface area contributed by atoms with Crippen molar-refractivity contribution in [2.45, 2.75) is 38.0 Å². The van der Waals surface area contributed by atoms with Crippen molar-refractivity contribution in [1.29, 1.82) is 0 Å². The Balaban J connectivity index is 0.000000451. The molecule has 3 rings (SSSR count). The number of piperidine rings is 1. The van der Waals surface area contributed by atoms with Crippen LogP contribution < -0.4 is 0 Å². The van der Waals surface area contributed by atoms with Crippen LogP contribution in [0.25, 0.3) is 0 Å². The second-order valence-corrected chi connectivity index (χ2v) is 8.26. The molecule has 7 nitrogen and oxygen atoms in total. The molecule has 2 aliphatic rings. The van der Waals surface area contributed by atoms with E-state index in [-0.39, 0.29) is 23.9 Å². The van der Waals surface area contributed by atoms with Gasteiger partial charge in [0.2, 0.25) is 5.91 Å². The number of aliphatic carboxylic acids is 1. The Morgan fingerprint density at radius 2 is 1.84 bits per heavy atom. The molecular weight excluding hydrogens is 434 g/mol. The van der Waals surface area contributed by atoms with Gasteiger partial charge in [-0.1, -0.05) is 6.07 Å². The molecule has 32 heavy (non-hydrogen) atoms. The van der Waals surface area contributed by atoms with Crippen molar-refractivity contribution < 1.29 is 37.1 Å². The van der Waals surface area contributed by atoms with Crippen LogP contribution in [-0.4, -0.2) is 89.6 Å². The van der Waals surface area contributed by atoms with Crippen molar-refractivity contribution in [3.8, 4) is 0 Å². The van der Waals surface area contributed by atoms with Crippen LogP contribution in [0.15, 0.2) is 24.3 Å². The smallest absolute Gasteiger partial charge is 0.475 e. The van der Waals surface area contributed by atoms with Crippen LogP contribution in [0.1, 0.15) is 30.1 Å². The summed E-state index contributed by atoms with van der Waals surface area (Å²) in [6, 6.07) is 6.26. The number of likely N-dealkylation sites (tertiary alicyclic amines) is 2. The van der Waals surface area contributed by atoms with Gasteiger partial charge in [-0.15, -0.1) is 0 Å². The molecule has 0 spiro atoms. The zero-order valence-electron chi connectivity index (χ0n) is 18.1. The van der Waals surface area contributed by atoms with Gasteiger partial charge in [-0.25, -0.2) is 9.18 Å². The van der Waals surface area contributed by atoms with Crippen LogP contribution in [0, 0.1) is 11.7 Å². The quantitative estimate of drug-likeness (QED) is 0.700. The molecule has 178 valence electrons. The van der Waals surface area contributed by atoms with Crippen LogP contribution in [0.4, 0.5) is 17.6 Å². The molecule has 1 aromatic rings. The highest BCUT2D eigenvalue weighted by molar-refractivity contribution is 5.94. The highest BCUT2D eigenvalue weighted by Gasteiger charge is 2.45. The van der Waals surface area contributed by atoms with Gasteiger partial charge in [0.05, 0.1) is 0 Å². The van der Waals surface area contributed by atoms with E-state index in [1.54, 1.807) is 19.1 Å². The first-order chi connectivity index (χ1) is 14.8. The Labute approximate surface area is 183 Å². The number of carbonyl (C=O) groups is 3. The summed E-state index contributed by atoms with van der Waals surface area (Å²) in [6.45, 7) is 3.71. The lowest BCUT2D eigenvalue weighted by Gasteiger charge is -2.38. The summed E-state index contributed by atoms with van der Waals surface area (Å²) in [5, 5.41) is 7.12. The Morgan fingerprint density at radius 3 is 2.34 bits per heavy atom. The molecule has 11 heteroatoms. The maximum Gasteiger partial charge on any atom is 0.490 e. The number of hydrogen-bond donors (Lipinski definition) is 1. The molecule has 1 aromatic carbocycles. The van der Waals surface area contributed by atoms with Crippen molar-refractivity contribution in [3.05, 3.63) is 35.6 Å². The van der Waals surface area contributed by atoms with E-state index in [2.05, 4.69) is 4.90 Å². The lowest BCUT2D eigenvalue weighted by molar-refractivity contribution is -0.192. The fraction of sp³-hybridized carbons (Fsp3) is 0.571. The second kappa shape index (κ2) is 10.3. The molecule has 2 heterocycles. The minimum atomic E-state index is -5.08. The molecule has 0 bridgehead atoms. The Bertz CT molecular complexity index is 847. The average molecular weight is 461 g/mol. The van der Waals surface area contributed by atoms with Crippen LogP contribution in [0.2, 0.25) is 0 Å². The number of halogens is 4. The van der Waals surface area contributed by atoms with Gasteiger partial charge in [0.1, 0.15) is 5.82 Å². The van der Waals surface area contributed by atoms with Gasteiger partial charge in [0, 0.05) is 44.2 Å². The fourth-order valence-electron chi connectivity index (χ4n) is 4.41. The molecule has 0 radical (unpaired) electrons. The second-order valence-electron chi connectivity index (χ2n) is 8.26. The van der Waals surface area contributed by atoms with Gasteiger partial charge in [-0.05, 0) is 51.1 Å². The van der Waals surface area contributed by atoms with E-state index in [1.165, 1.54) is 12.1 Å². The van der Waals surface area contributed by atoms with Crippen molar-refractivity contribution in [2.24, 2.45) is 5.92 Å². The maximum absolute atomic E-state index is 13.4. The highest BCUT2D eigenvalue weighted by atomic mass is 19.4. The lowest BCUT2D eigenvalue weighted by Crippen LogP contribution is -2.50. The molecule has 0 unspecified atom stereocenters. The molecule has 3 atom stereocenters. The van der Waals surface area contributed by atoms with Crippen molar-refractivity contribution >= 4 is 17.8 Å². The molecule has 0 aliphatic carbocycles. The Hall–Kier alpha value is -2.69. The molecule has 2 fully saturated rings. The van der Waals surface area contributed by atoms with Crippen LogP contribution in [-0.2, 0) is 9.59 Å². The first-order valence-electron chi connectivity index (χ1n) is 10.1. The number of carboxylic acid groups (broad SMARTS) is 1. The van der Waals surface area contributed by atoms with E-state index in [4.69, 9.17) is 9.90 Å². The number of carbonyl (C=O) groups excluding carboxylic acids is 2. The van der Waals surface area contributed by atoms with E-state index in [1.807, 2.05) is 23.9 Å². The molecule has 2 amide bonds. The largest absolute Gasteiger partial charge is 0.490 e.